The average Bonchev–Trinajstić information content (AvgIpc) is 3.50. The minimum atomic E-state index is -0.637. The Balaban J connectivity index is 1.48. The van der Waals surface area contributed by atoms with Crippen molar-refractivity contribution in [3.05, 3.63) is 53.2 Å². The second-order valence-corrected chi connectivity index (χ2v) is 8.99. The van der Waals surface area contributed by atoms with Crippen LogP contribution in [0.15, 0.2) is 41.8 Å². The lowest BCUT2D eigenvalue weighted by Crippen LogP contribution is -2.44. The van der Waals surface area contributed by atoms with Crippen molar-refractivity contribution in [1.82, 2.24) is 10.3 Å². The van der Waals surface area contributed by atoms with Gasteiger partial charge in [0.1, 0.15) is 11.9 Å². The number of β-amino-alcohol motifs (C(OH)–C–C–N with tert-alkyl or cyclic N) is 1. The van der Waals surface area contributed by atoms with Crippen molar-refractivity contribution in [3.8, 4) is 28.5 Å². The number of ether oxygens (including phenoxy) is 3. The molecule has 0 spiro atoms. The number of thiazole rings is 1. The molecule has 1 aromatic heterocycles. The third kappa shape index (κ3) is 5.49. The maximum absolute atomic E-state index is 13.4. The fourth-order valence-corrected chi connectivity index (χ4v) is 5.07. The number of anilines is 1. The predicted octanol–water partition coefficient (Wildman–Crippen LogP) is 3.27. The number of aliphatic hydroxyl groups excluding tert-OH is 1. The molecule has 10 heteroatoms. The van der Waals surface area contributed by atoms with Gasteiger partial charge in [0, 0.05) is 30.5 Å². The van der Waals surface area contributed by atoms with Crippen LogP contribution < -0.4 is 24.4 Å². The highest BCUT2D eigenvalue weighted by molar-refractivity contribution is 7.14. The molecule has 2 N–H and O–H groups in total. The van der Waals surface area contributed by atoms with Crippen LogP contribution in [0.1, 0.15) is 12.0 Å². The molecule has 186 valence electrons. The monoisotopic (exact) mass is 501 g/mol. The second kappa shape index (κ2) is 10.9. The van der Waals surface area contributed by atoms with Crippen molar-refractivity contribution in [2.45, 2.75) is 25.0 Å². The molecule has 3 aromatic rings. The number of carbonyl (C=O) groups excluding carboxylic acids is 1. The minimum Gasteiger partial charge on any atom is -0.493 e. The number of halogens is 1. The lowest BCUT2D eigenvalue weighted by molar-refractivity contribution is -0.122. The largest absolute Gasteiger partial charge is 0.493 e. The molecule has 1 aliphatic rings. The van der Waals surface area contributed by atoms with Crippen LogP contribution in [0.3, 0.4) is 0 Å². The van der Waals surface area contributed by atoms with E-state index in [4.69, 9.17) is 19.2 Å². The lowest BCUT2D eigenvalue weighted by atomic mass is 10.1. The van der Waals surface area contributed by atoms with Crippen LogP contribution in [-0.4, -0.2) is 62.6 Å². The van der Waals surface area contributed by atoms with Crippen LogP contribution in [-0.2, 0) is 11.2 Å². The van der Waals surface area contributed by atoms with Crippen LogP contribution in [0.25, 0.3) is 11.3 Å². The maximum Gasteiger partial charge on any atom is 0.242 e. The van der Waals surface area contributed by atoms with Gasteiger partial charge in [-0.1, -0.05) is 12.1 Å². The standard InChI is InChI=1S/C25H28FN3O5S/c1-32-21-10-16(11-22(33-2)23(21)34-3)19-14-35-25(28-19)29-13-18(30)12-20(29)24(31)27-8-7-15-5-4-6-17(26)9-15/h4-6,9-11,14,18,20,30H,7-8,12-13H2,1-3H3,(H,27,31)/t18?,20-/m0/s1. The number of carbonyl (C=O) groups is 1. The third-order valence-electron chi connectivity index (χ3n) is 5.88. The number of hydrogen-bond acceptors (Lipinski definition) is 8. The molecule has 1 fully saturated rings. The van der Waals surface area contributed by atoms with Crippen LogP contribution in [0, 0.1) is 5.82 Å². The highest BCUT2D eigenvalue weighted by Crippen LogP contribution is 2.42. The predicted molar refractivity (Wildman–Crippen MR) is 132 cm³/mol. The van der Waals surface area contributed by atoms with E-state index in [0.29, 0.717) is 54.0 Å². The summed E-state index contributed by atoms with van der Waals surface area (Å²) in [5, 5.41) is 15.7. The molecule has 0 radical (unpaired) electrons. The van der Waals surface area contributed by atoms with Gasteiger partial charge < -0.3 is 29.5 Å². The van der Waals surface area contributed by atoms with E-state index in [1.54, 1.807) is 27.4 Å². The number of hydrogen-bond donors (Lipinski definition) is 2. The van der Waals surface area contributed by atoms with E-state index in [2.05, 4.69) is 5.32 Å². The SMILES string of the molecule is COc1cc(-c2csc(N3CC(O)C[C@H]3C(=O)NCCc3cccc(F)c3)n2)cc(OC)c1OC. The zero-order valence-corrected chi connectivity index (χ0v) is 20.6. The summed E-state index contributed by atoms with van der Waals surface area (Å²) < 4.78 is 29.6. The number of methoxy groups -OCH3 is 3. The summed E-state index contributed by atoms with van der Waals surface area (Å²) in [5.74, 6) is 1.03. The summed E-state index contributed by atoms with van der Waals surface area (Å²) in [7, 11) is 4.65. The van der Waals surface area contributed by atoms with Crippen LogP contribution in [0.5, 0.6) is 17.2 Å². The van der Waals surface area contributed by atoms with Crippen LogP contribution >= 0.6 is 11.3 Å². The van der Waals surface area contributed by atoms with Gasteiger partial charge in [-0.2, -0.15) is 0 Å². The topological polar surface area (TPSA) is 93.2 Å². The number of nitrogens with one attached hydrogen (secondary N) is 1. The maximum atomic E-state index is 13.4. The molecule has 0 saturated carbocycles. The highest BCUT2D eigenvalue weighted by Gasteiger charge is 2.37. The number of nitrogens with zero attached hydrogens (tertiary/aromatic N) is 2. The number of aliphatic hydroxyl groups is 1. The van der Waals surface area contributed by atoms with Crippen molar-refractivity contribution in [2.24, 2.45) is 0 Å². The first-order valence-electron chi connectivity index (χ1n) is 11.2. The molecule has 1 amide bonds. The zero-order valence-electron chi connectivity index (χ0n) is 19.8. The van der Waals surface area contributed by atoms with Gasteiger partial charge in [0.25, 0.3) is 0 Å². The number of benzene rings is 2. The van der Waals surface area contributed by atoms with E-state index in [0.717, 1.165) is 11.1 Å². The Kier molecular flexibility index (Phi) is 7.72. The number of aromatic nitrogens is 1. The van der Waals surface area contributed by atoms with Crippen LogP contribution in [0.4, 0.5) is 9.52 Å². The van der Waals surface area contributed by atoms with Crippen molar-refractivity contribution < 1.29 is 28.5 Å². The summed E-state index contributed by atoms with van der Waals surface area (Å²) in [6.07, 6.45) is 0.189. The molecule has 2 atom stereocenters. The molecule has 0 bridgehead atoms. The van der Waals surface area contributed by atoms with E-state index in [9.17, 15) is 14.3 Å². The van der Waals surface area contributed by atoms with Gasteiger partial charge in [-0.15, -0.1) is 11.3 Å². The van der Waals surface area contributed by atoms with E-state index in [-0.39, 0.29) is 11.7 Å². The Bertz CT molecular complexity index is 1160. The molecular weight excluding hydrogens is 473 g/mol. The molecule has 4 rings (SSSR count). The molecule has 2 heterocycles. The van der Waals surface area contributed by atoms with Gasteiger partial charge in [0.2, 0.25) is 11.7 Å². The number of amides is 1. The number of rotatable bonds is 9. The van der Waals surface area contributed by atoms with Crippen molar-refractivity contribution >= 4 is 22.4 Å². The summed E-state index contributed by atoms with van der Waals surface area (Å²) >= 11 is 1.39. The van der Waals surface area contributed by atoms with Gasteiger partial charge in [-0.3, -0.25) is 4.79 Å². The van der Waals surface area contributed by atoms with Crippen molar-refractivity contribution in [3.63, 3.8) is 0 Å². The summed E-state index contributed by atoms with van der Waals surface area (Å²) in [5.41, 5.74) is 2.28. The minimum absolute atomic E-state index is 0.192. The van der Waals surface area contributed by atoms with E-state index < -0.39 is 12.1 Å². The third-order valence-corrected chi connectivity index (χ3v) is 6.76. The molecule has 2 aromatic carbocycles. The van der Waals surface area contributed by atoms with E-state index >= 15 is 0 Å². The molecule has 1 aliphatic heterocycles. The summed E-state index contributed by atoms with van der Waals surface area (Å²) in [6, 6.07) is 9.40. The van der Waals surface area contributed by atoms with E-state index in [1.165, 1.54) is 23.5 Å². The second-order valence-electron chi connectivity index (χ2n) is 8.16. The van der Waals surface area contributed by atoms with Gasteiger partial charge in [0.05, 0.1) is 33.1 Å². The molecule has 1 unspecified atom stereocenters. The molecule has 35 heavy (non-hydrogen) atoms. The first kappa shape index (κ1) is 24.7. The first-order valence-corrected chi connectivity index (χ1v) is 12.0. The quantitative estimate of drug-likeness (QED) is 0.465. The van der Waals surface area contributed by atoms with Crippen molar-refractivity contribution in [1.29, 1.82) is 0 Å². The Morgan fingerprint density at radius 1 is 1.20 bits per heavy atom. The molecule has 8 nitrogen and oxygen atoms in total. The lowest BCUT2D eigenvalue weighted by Gasteiger charge is -2.22. The Hall–Kier alpha value is -3.37. The Labute approximate surface area is 207 Å². The van der Waals surface area contributed by atoms with E-state index in [1.807, 2.05) is 28.5 Å². The Morgan fingerprint density at radius 2 is 1.94 bits per heavy atom. The van der Waals surface area contributed by atoms with Crippen LogP contribution in [0.2, 0.25) is 0 Å². The van der Waals surface area contributed by atoms with Gasteiger partial charge >= 0.3 is 0 Å². The highest BCUT2D eigenvalue weighted by atomic mass is 32.1. The first-order chi connectivity index (χ1) is 16.9. The average molecular weight is 502 g/mol. The van der Waals surface area contributed by atoms with Crippen molar-refractivity contribution in [2.75, 3.05) is 39.3 Å². The fourth-order valence-electron chi connectivity index (χ4n) is 4.17. The normalized spacial score (nSPS) is 17.3. The zero-order chi connectivity index (χ0) is 24.9. The van der Waals surface area contributed by atoms with Gasteiger partial charge in [0.15, 0.2) is 16.6 Å². The molecule has 1 saturated heterocycles. The van der Waals surface area contributed by atoms with Gasteiger partial charge in [-0.05, 0) is 36.2 Å². The Morgan fingerprint density at radius 3 is 2.60 bits per heavy atom. The molecule has 0 aliphatic carbocycles. The molecular formula is C25H28FN3O5S. The smallest absolute Gasteiger partial charge is 0.242 e. The van der Waals surface area contributed by atoms with Gasteiger partial charge in [-0.25, -0.2) is 9.37 Å². The fraction of sp³-hybridized carbons (Fsp3) is 0.360. The summed E-state index contributed by atoms with van der Waals surface area (Å²) in [4.78, 5) is 19.5. The summed E-state index contributed by atoms with van der Waals surface area (Å²) in [6.45, 7) is 0.682.